The number of hydrogen-bond donors (Lipinski definition) is 0. The van der Waals surface area contributed by atoms with E-state index in [4.69, 9.17) is 0 Å². The van der Waals surface area contributed by atoms with Gasteiger partial charge in [0.05, 0.1) is 0 Å². The smallest absolute Gasteiger partial charge is 0.182 e. The fraction of sp³-hybridized carbons (Fsp3) is 0.0714. The Morgan fingerprint density at radius 3 is 1.81 bits per heavy atom. The Morgan fingerprint density at radius 2 is 1.28 bits per heavy atom. The first-order chi connectivity index (χ1) is 15.7. The van der Waals surface area contributed by atoms with Crippen LogP contribution >= 0.6 is 7.14 Å². The van der Waals surface area contributed by atoms with Crippen LogP contribution in [0.5, 0.6) is 0 Å². The summed E-state index contributed by atoms with van der Waals surface area (Å²) >= 11 is 0. The number of pyridine rings is 1. The van der Waals surface area contributed by atoms with E-state index < -0.39 is 12.8 Å². The molecular weight excluding hydrogens is 413 g/mol. The Hall–Kier alpha value is -3.55. The maximum absolute atomic E-state index is 14.9. The number of Topliss-reactive ketones (excluding diaryl/α,β-unsaturated/α-hetero) is 1. The Balaban J connectivity index is 1.82. The van der Waals surface area contributed by atoms with E-state index in [0.717, 1.165) is 16.2 Å². The Morgan fingerprint density at radius 1 is 0.750 bits per heavy atom. The van der Waals surface area contributed by atoms with E-state index in [2.05, 4.69) is 4.98 Å². The van der Waals surface area contributed by atoms with Gasteiger partial charge in [0.15, 0.2) is 5.78 Å². The Bertz CT molecular complexity index is 1180. The first kappa shape index (κ1) is 21.7. The zero-order chi connectivity index (χ0) is 22.2. The summed E-state index contributed by atoms with van der Waals surface area (Å²) < 4.78 is 14.9. The highest BCUT2D eigenvalue weighted by Crippen LogP contribution is 2.51. The molecule has 3 aromatic carbocycles. The molecule has 4 rings (SSSR count). The summed E-state index contributed by atoms with van der Waals surface area (Å²) in [5, 5.41) is 1.48. The predicted octanol–water partition coefficient (Wildman–Crippen LogP) is 5.75. The van der Waals surface area contributed by atoms with E-state index in [-0.39, 0.29) is 12.2 Å². The normalized spacial score (nSPS) is 12.5. The van der Waals surface area contributed by atoms with Crippen LogP contribution in [0.25, 0.3) is 6.08 Å². The molecule has 0 N–H and O–H groups in total. The van der Waals surface area contributed by atoms with Crippen LogP contribution < -0.4 is 10.6 Å². The largest absolute Gasteiger partial charge is 0.313 e. The highest BCUT2D eigenvalue weighted by molar-refractivity contribution is 7.79. The van der Waals surface area contributed by atoms with Gasteiger partial charge < -0.3 is 4.57 Å². The van der Waals surface area contributed by atoms with Gasteiger partial charge in [-0.25, -0.2) is 0 Å². The zero-order valence-electron chi connectivity index (χ0n) is 17.6. The number of carbonyl (C=O) groups is 1. The molecule has 0 bridgehead atoms. The number of nitrogens with zero attached hydrogens (tertiary/aromatic N) is 1. The van der Waals surface area contributed by atoms with Gasteiger partial charge in [-0.15, -0.1) is 0 Å². The molecule has 3 nitrogen and oxygen atoms in total. The van der Waals surface area contributed by atoms with Gasteiger partial charge in [0, 0.05) is 28.9 Å². The molecule has 1 aromatic heterocycles. The molecule has 1 heterocycles. The fourth-order valence-corrected chi connectivity index (χ4v) is 6.80. The summed E-state index contributed by atoms with van der Waals surface area (Å²) in [6, 6.07) is 34.1. The minimum absolute atomic E-state index is 0.0986. The number of allylic oxidation sites excluding steroid dienone is 1. The van der Waals surface area contributed by atoms with E-state index in [0.29, 0.717) is 5.69 Å². The average Bonchev–Trinajstić information content (AvgIpc) is 2.88. The van der Waals surface area contributed by atoms with Crippen LogP contribution in [-0.2, 0) is 4.57 Å². The van der Waals surface area contributed by atoms with Crippen LogP contribution in [0, 0.1) is 0 Å². The molecule has 0 unspecified atom stereocenters. The number of ketones is 1. The number of hydrogen-bond acceptors (Lipinski definition) is 3. The molecule has 0 saturated carbocycles. The summed E-state index contributed by atoms with van der Waals surface area (Å²) in [7, 11) is -3.18. The summed E-state index contributed by atoms with van der Waals surface area (Å²) in [6.07, 6.45) is 5.59. The molecule has 0 aliphatic heterocycles. The van der Waals surface area contributed by atoms with Crippen molar-refractivity contribution in [1.82, 2.24) is 4.98 Å². The van der Waals surface area contributed by atoms with Crippen molar-refractivity contribution in [2.75, 3.05) is 0 Å². The lowest BCUT2D eigenvalue weighted by molar-refractivity contribution is 0.0979. The highest BCUT2D eigenvalue weighted by atomic mass is 31.2. The van der Waals surface area contributed by atoms with Gasteiger partial charge in [0.1, 0.15) is 12.8 Å². The minimum atomic E-state index is -3.18. The molecule has 0 aliphatic rings. The molecule has 0 aliphatic carbocycles. The van der Waals surface area contributed by atoms with Crippen molar-refractivity contribution >= 4 is 29.6 Å². The Kier molecular flexibility index (Phi) is 6.89. The van der Waals surface area contributed by atoms with Crippen molar-refractivity contribution in [3.63, 3.8) is 0 Å². The van der Waals surface area contributed by atoms with Crippen LogP contribution in [-0.4, -0.2) is 16.4 Å². The quantitative estimate of drug-likeness (QED) is 0.260. The molecule has 0 fully saturated rings. The molecule has 4 aromatic rings. The molecule has 1 atom stereocenters. The van der Waals surface area contributed by atoms with E-state index in [1.165, 1.54) is 0 Å². The van der Waals surface area contributed by atoms with Crippen LogP contribution in [0.1, 0.15) is 22.5 Å². The molecular formula is C28H24NO2P. The van der Waals surface area contributed by atoms with Crippen LogP contribution in [0.4, 0.5) is 0 Å². The summed E-state index contributed by atoms with van der Waals surface area (Å²) in [4.78, 5) is 17.4. The maximum Gasteiger partial charge on any atom is 0.182 e. The monoisotopic (exact) mass is 437 g/mol. The topological polar surface area (TPSA) is 47.0 Å². The number of aromatic nitrogens is 1. The maximum atomic E-state index is 14.9. The van der Waals surface area contributed by atoms with Crippen molar-refractivity contribution in [3.05, 3.63) is 133 Å². The predicted molar refractivity (Wildman–Crippen MR) is 132 cm³/mol. The second-order valence-corrected chi connectivity index (χ2v) is 10.5. The Labute approximate surface area is 188 Å². The first-order valence-electron chi connectivity index (χ1n) is 10.6. The fourth-order valence-electron chi connectivity index (χ4n) is 3.76. The van der Waals surface area contributed by atoms with Gasteiger partial charge in [-0.1, -0.05) is 109 Å². The lowest BCUT2D eigenvalue weighted by Gasteiger charge is -2.26. The van der Waals surface area contributed by atoms with E-state index in [9.17, 15) is 9.36 Å². The highest BCUT2D eigenvalue weighted by Gasteiger charge is 2.36. The van der Waals surface area contributed by atoms with Crippen molar-refractivity contribution in [2.45, 2.75) is 12.1 Å². The van der Waals surface area contributed by atoms with E-state index >= 15 is 0 Å². The molecule has 158 valence electrons. The van der Waals surface area contributed by atoms with Gasteiger partial charge in [0.2, 0.25) is 0 Å². The third-order valence-electron chi connectivity index (χ3n) is 5.40. The first-order valence-corrected chi connectivity index (χ1v) is 12.3. The molecule has 4 heteroatoms. The van der Waals surface area contributed by atoms with Crippen molar-refractivity contribution < 1.29 is 9.36 Å². The average molecular weight is 437 g/mol. The van der Waals surface area contributed by atoms with Gasteiger partial charge in [0.25, 0.3) is 0 Å². The molecule has 0 radical (unpaired) electrons. The van der Waals surface area contributed by atoms with Crippen molar-refractivity contribution in [2.24, 2.45) is 0 Å². The van der Waals surface area contributed by atoms with E-state index in [1.807, 2.05) is 103 Å². The summed E-state index contributed by atoms with van der Waals surface area (Å²) in [5.41, 5.74) is 0.871. The third kappa shape index (κ3) is 4.85. The third-order valence-corrected chi connectivity index (χ3v) is 8.82. The van der Waals surface area contributed by atoms with Crippen LogP contribution in [0.2, 0.25) is 0 Å². The minimum Gasteiger partial charge on any atom is -0.313 e. The zero-order valence-corrected chi connectivity index (χ0v) is 18.5. The second kappa shape index (κ2) is 10.2. The number of benzene rings is 3. The van der Waals surface area contributed by atoms with Crippen LogP contribution in [0.3, 0.4) is 0 Å². The van der Waals surface area contributed by atoms with Gasteiger partial charge in [-0.3, -0.25) is 9.78 Å². The summed E-state index contributed by atoms with van der Waals surface area (Å²) in [6.45, 7) is 0. The van der Waals surface area contributed by atoms with Gasteiger partial charge >= 0.3 is 0 Å². The number of carbonyl (C=O) groups excluding carboxylic acids is 1. The van der Waals surface area contributed by atoms with E-state index in [1.54, 1.807) is 24.4 Å². The second-order valence-electron chi connectivity index (χ2n) is 7.51. The van der Waals surface area contributed by atoms with Gasteiger partial charge in [-0.05, 0) is 17.7 Å². The lowest BCUT2D eigenvalue weighted by Crippen LogP contribution is -2.27. The number of rotatable bonds is 8. The SMILES string of the molecule is O=C(C[C@@H](/C=C/c1ccccc1)P(=O)(c1ccccc1)c1ccccc1)c1ccccn1. The molecule has 0 amide bonds. The van der Waals surface area contributed by atoms with Crippen LogP contribution in [0.15, 0.2) is 121 Å². The lowest BCUT2D eigenvalue weighted by atomic mass is 10.1. The van der Waals surface area contributed by atoms with Gasteiger partial charge in [-0.2, -0.15) is 0 Å². The summed E-state index contributed by atoms with van der Waals surface area (Å²) in [5.74, 6) is -0.125. The van der Waals surface area contributed by atoms with Crippen molar-refractivity contribution in [3.8, 4) is 0 Å². The molecule has 0 saturated heterocycles. The van der Waals surface area contributed by atoms with Crippen molar-refractivity contribution in [1.29, 1.82) is 0 Å². The standard InChI is InChI=1S/C28H24NO2P/c30-28(27-18-10-11-21-29-27)22-26(20-19-23-12-4-1-5-13-23)32(31,24-14-6-2-7-15-24)25-16-8-3-9-17-25/h1-21,26H,22H2/b20-19+/t26-/m1/s1. The molecule has 0 spiro atoms. The molecule has 32 heavy (non-hydrogen) atoms.